The second kappa shape index (κ2) is 6.97. The number of alkyl halides is 1. The fraction of sp³-hybridized carbons (Fsp3) is 0.571. The second-order valence-electron chi connectivity index (χ2n) is 5.98. The van der Waals surface area contributed by atoms with E-state index in [1.54, 1.807) is 12.4 Å². The van der Waals surface area contributed by atoms with Gasteiger partial charge >= 0.3 is 5.69 Å². The third-order valence-corrected chi connectivity index (χ3v) is 3.97. The lowest BCUT2D eigenvalue weighted by atomic mass is 10.2. The molecule has 0 aliphatic carbocycles. The van der Waals surface area contributed by atoms with Gasteiger partial charge in [0, 0.05) is 43.6 Å². The minimum absolute atomic E-state index is 0.112. The first-order valence-electron chi connectivity index (χ1n) is 7.54. The molecule has 1 saturated heterocycles. The van der Waals surface area contributed by atoms with Crippen LogP contribution < -0.4 is 5.69 Å². The summed E-state index contributed by atoms with van der Waals surface area (Å²) in [4.78, 5) is 25.8. The lowest BCUT2D eigenvalue weighted by molar-refractivity contribution is 0.178. The molecule has 1 aliphatic heterocycles. The Labute approximate surface area is 132 Å². The molecule has 0 unspecified atom stereocenters. The topological polar surface area (TPSA) is 93.8 Å². The largest absolute Gasteiger partial charge is 0.340 e. The Bertz CT molecular complexity index is 673. The first-order chi connectivity index (χ1) is 11.1. The van der Waals surface area contributed by atoms with Crippen molar-refractivity contribution in [2.24, 2.45) is 0 Å². The number of nitrogens with zero attached hydrogens (tertiary/aromatic N) is 5. The van der Waals surface area contributed by atoms with E-state index in [-0.39, 0.29) is 11.7 Å². The lowest BCUT2D eigenvalue weighted by Gasteiger charge is -2.27. The minimum atomic E-state index is -0.816. The molecule has 2 atom stereocenters. The van der Waals surface area contributed by atoms with Gasteiger partial charge in [0.1, 0.15) is 18.3 Å². The van der Waals surface area contributed by atoms with Crippen LogP contribution in [0.1, 0.15) is 17.8 Å². The van der Waals surface area contributed by atoms with E-state index in [1.807, 2.05) is 11.9 Å². The van der Waals surface area contributed by atoms with Gasteiger partial charge in [-0.05, 0) is 13.5 Å². The number of likely N-dealkylation sites (N-methyl/N-ethyl adjacent to an activating group) is 1. The van der Waals surface area contributed by atoms with Gasteiger partial charge < -0.3 is 0 Å². The Kier molecular flexibility index (Phi) is 4.77. The average Bonchev–Trinajstić information content (AvgIpc) is 3.06. The van der Waals surface area contributed by atoms with Gasteiger partial charge in [-0.25, -0.2) is 24.3 Å². The Morgan fingerprint density at radius 1 is 1.43 bits per heavy atom. The quantitative estimate of drug-likeness (QED) is 0.774. The zero-order chi connectivity index (χ0) is 16.2. The van der Waals surface area contributed by atoms with Crippen LogP contribution in [-0.2, 0) is 13.1 Å². The predicted octanol–water partition coefficient (Wildman–Crippen LogP) is -0.0676. The zero-order valence-corrected chi connectivity index (χ0v) is 12.9. The molecule has 124 valence electrons. The van der Waals surface area contributed by atoms with Crippen molar-refractivity contribution in [1.82, 2.24) is 34.9 Å². The summed E-state index contributed by atoms with van der Waals surface area (Å²) in [7, 11) is 1.93. The molecule has 0 spiro atoms. The number of likely N-dealkylation sites (tertiary alicyclic amines) is 1. The molecular formula is C14H20FN7O. The van der Waals surface area contributed by atoms with Crippen LogP contribution in [0, 0.1) is 0 Å². The van der Waals surface area contributed by atoms with Gasteiger partial charge in [-0.1, -0.05) is 0 Å². The molecule has 0 saturated carbocycles. The van der Waals surface area contributed by atoms with E-state index in [0.717, 1.165) is 5.56 Å². The maximum absolute atomic E-state index is 13.9. The summed E-state index contributed by atoms with van der Waals surface area (Å²) in [6.07, 6.45) is 4.70. The van der Waals surface area contributed by atoms with E-state index in [2.05, 4.69) is 30.0 Å². The van der Waals surface area contributed by atoms with Gasteiger partial charge in [0.2, 0.25) is 0 Å². The number of hydrogen-bond acceptors (Lipinski definition) is 6. The van der Waals surface area contributed by atoms with E-state index in [9.17, 15) is 9.18 Å². The van der Waals surface area contributed by atoms with E-state index in [4.69, 9.17) is 0 Å². The SMILES string of the molecule is CN(Cc1n[nH]c(=O)[nH]1)C[C@@H]1C[C@H](F)CN1Cc1cncnc1. The zero-order valence-electron chi connectivity index (χ0n) is 12.9. The third-order valence-electron chi connectivity index (χ3n) is 3.97. The summed E-state index contributed by atoms with van der Waals surface area (Å²) in [6, 6.07) is 0.112. The van der Waals surface area contributed by atoms with Crippen LogP contribution in [0.3, 0.4) is 0 Å². The summed E-state index contributed by atoms with van der Waals surface area (Å²) in [5.41, 5.74) is 0.662. The van der Waals surface area contributed by atoms with Crippen LogP contribution in [0.2, 0.25) is 0 Å². The molecule has 0 bridgehead atoms. The van der Waals surface area contributed by atoms with Crippen LogP contribution in [-0.4, -0.2) is 67.3 Å². The molecule has 23 heavy (non-hydrogen) atoms. The number of rotatable bonds is 6. The summed E-state index contributed by atoms with van der Waals surface area (Å²) < 4.78 is 13.9. The fourth-order valence-corrected chi connectivity index (χ4v) is 3.01. The van der Waals surface area contributed by atoms with E-state index >= 15 is 0 Å². The number of nitrogens with one attached hydrogen (secondary N) is 2. The van der Waals surface area contributed by atoms with Crippen molar-refractivity contribution in [2.45, 2.75) is 31.7 Å². The molecule has 9 heteroatoms. The molecule has 2 N–H and O–H groups in total. The van der Waals surface area contributed by atoms with Gasteiger partial charge in [-0.15, -0.1) is 0 Å². The monoisotopic (exact) mass is 321 g/mol. The smallest absolute Gasteiger partial charge is 0.297 e. The highest BCUT2D eigenvalue weighted by Gasteiger charge is 2.32. The van der Waals surface area contributed by atoms with Crippen molar-refractivity contribution in [3.05, 3.63) is 40.6 Å². The molecule has 0 radical (unpaired) electrons. The van der Waals surface area contributed by atoms with Crippen LogP contribution in [0.5, 0.6) is 0 Å². The van der Waals surface area contributed by atoms with Crippen molar-refractivity contribution in [3.8, 4) is 0 Å². The third kappa shape index (κ3) is 4.20. The molecule has 0 aromatic carbocycles. The minimum Gasteiger partial charge on any atom is -0.297 e. The van der Waals surface area contributed by atoms with Gasteiger partial charge in [0.15, 0.2) is 0 Å². The highest BCUT2D eigenvalue weighted by atomic mass is 19.1. The Morgan fingerprint density at radius 2 is 2.22 bits per heavy atom. The molecule has 8 nitrogen and oxygen atoms in total. The maximum Gasteiger partial charge on any atom is 0.340 e. The van der Waals surface area contributed by atoms with Crippen molar-refractivity contribution in [3.63, 3.8) is 0 Å². The van der Waals surface area contributed by atoms with Crippen molar-refractivity contribution < 1.29 is 4.39 Å². The van der Waals surface area contributed by atoms with Crippen molar-refractivity contribution in [1.29, 1.82) is 0 Å². The van der Waals surface area contributed by atoms with E-state index in [0.29, 0.717) is 38.4 Å². The molecule has 2 aromatic rings. The highest BCUT2D eigenvalue weighted by molar-refractivity contribution is 5.04. The first-order valence-corrected chi connectivity index (χ1v) is 7.54. The number of hydrogen-bond donors (Lipinski definition) is 2. The number of aromatic nitrogens is 5. The lowest BCUT2D eigenvalue weighted by Crippen LogP contribution is -2.38. The van der Waals surface area contributed by atoms with Gasteiger partial charge in [0.25, 0.3) is 0 Å². The standard InChI is InChI=1S/C14H20FN7O/c1-21(8-13-18-14(23)20-19-13)7-12-2-11(15)6-22(12)5-10-3-16-9-17-4-10/h3-4,9,11-12H,2,5-8H2,1H3,(H2,18,19,20,23)/t11-,12-/m0/s1. The predicted molar refractivity (Wildman–Crippen MR) is 81.3 cm³/mol. The molecule has 3 heterocycles. The summed E-state index contributed by atoms with van der Waals surface area (Å²) in [5.74, 6) is 0.579. The Balaban J connectivity index is 1.59. The summed E-state index contributed by atoms with van der Waals surface area (Å²) in [5, 5.41) is 6.24. The van der Waals surface area contributed by atoms with Crippen molar-refractivity contribution in [2.75, 3.05) is 20.1 Å². The first kappa shape index (κ1) is 15.8. The van der Waals surface area contributed by atoms with Gasteiger partial charge in [0.05, 0.1) is 6.54 Å². The highest BCUT2D eigenvalue weighted by Crippen LogP contribution is 2.23. The fourth-order valence-electron chi connectivity index (χ4n) is 3.01. The molecule has 3 rings (SSSR count). The van der Waals surface area contributed by atoms with Gasteiger partial charge in [-0.3, -0.25) is 14.8 Å². The molecule has 0 amide bonds. The maximum atomic E-state index is 13.9. The number of halogens is 1. The van der Waals surface area contributed by atoms with Gasteiger partial charge in [-0.2, -0.15) is 5.10 Å². The van der Waals surface area contributed by atoms with E-state index < -0.39 is 6.17 Å². The summed E-state index contributed by atoms with van der Waals surface area (Å²) >= 11 is 0. The molecule has 2 aromatic heterocycles. The van der Waals surface area contributed by atoms with Crippen LogP contribution in [0.4, 0.5) is 4.39 Å². The average molecular weight is 321 g/mol. The number of aromatic amines is 2. The Hall–Kier alpha value is -2.13. The van der Waals surface area contributed by atoms with Crippen LogP contribution in [0.25, 0.3) is 0 Å². The number of H-pyrrole nitrogens is 2. The molecule has 1 aliphatic rings. The molecular weight excluding hydrogens is 301 g/mol. The van der Waals surface area contributed by atoms with Crippen LogP contribution in [0.15, 0.2) is 23.5 Å². The summed E-state index contributed by atoms with van der Waals surface area (Å²) in [6.45, 7) is 2.27. The molecule has 1 fully saturated rings. The van der Waals surface area contributed by atoms with Crippen LogP contribution >= 0.6 is 0 Å². The Morgan fingerprint density at radius 3 is 2.91 bits per heavy atom. The van der Waals surface area contributed by atoms with E-state index in [1.165, 1.54) is 6.33 Å². The normalized spacial score (nSPS) is 22.0. The second-order valence-corrected chi connectivity index (χ2v) is 5.98. The van der Waals surface area contributed by atoms with Crippen molar-refractivity contribution >= 4 is 0 Å².